The van der Waals surface area contributed by atoms with Gasteiger partial charge in [0.15, 0.2) is 0 Å². The van der Waals surface area contributed by atoms with Crippen molar-refractivity contribution in [1.82, 2.24) is 14.7 Å². The highest BCUT2D eigenvalue weighted by Gasteiger charge is 2.20. The molecule has 0 bridgehead atoms. The predicted molar refractivity (Wildman–Crippen MR) is 103 cm³/mol. The molecule has 0 N–H and O–H groups in total. The Morgan fingerprint density at radius 3 is 2.48 bits per heavy atom. The summed E-state index contributed by atoms with van der Waals surface area (Å²) in [4.78, 5) is 26.7. The Morgan fingerprint density at radius 1 is 1.11 bits per heavy atom. The van der Waals surface area contributed by atoms with Gasteiger partial charge in [-0.2, -0.15) is 5.10 Å². The highest BCUT2D eigenvalue weighted by atomic mass is 16.3. The molecule has 3 aromatic rings. The zero-order chi connectivity index (χ0) is 19.4. The Morgan fingerprint density at radius 2 is 1.85 bits per heavy atom. The SMILES string of the molecule is Cc1ccc(CN(C(=O)Cn2nc(-c3ccccc3)ccc2=O)C(C)C)o1. The van der Waals surface area contributed by atoms with Gasteiger partial charge in [0.05, 0.1) is 12.2 Å². The maximum absolute atomic E-state index is 12.8. The number of nitrogens with zero attached hydrogens (tertiary/aromatic N) is 3. The molecular formula is C21H23N3O3. The van der Waals surface area contributed by atoms with Gasteiger partial charge in [-0.1, -0.05) is 30.3 Å². The Balaban J connectivity index is 1.82. The first-order valence-corrected chi connectivity index (χ1v) is 8.92. The minimum absolute atomic E-state index is 0.0316. The van der Waals surface area contributed by atoms with Crippen LogP contribution in [0.1, 0.15) is 25.4 Å². The van der Waals surface area contributed by atoms with Crippen LogP contribution in [0.25, 0.3) is 11.3 Å². The van der Waals surface area contributed by atoms with Gasteiger partial charge in [-0.25, -0.2) is 4.68 Å². The van der Waals surface area contributed by atoms with Crippen LogP contribution in [-0.4, -0.2) is 26.6 Å². The summed E-state index contributed by atoms with van der Waals surface area (Å²) in [5, 5.41) is 4.37. The first-order valence-electron chi connectivity index (χ1n) is 8.92. The van der Waals surface area contributed by atoms with Crippen molar-refractivity contribution < 1.29 is 9.21 Å². The predicted octanol–water partition coefficient (Wildman–Crippen LogP) is 3.25. The molecule has 3 rings (SSSR count). The lowest BCUT2D eigenvalue weighted by Crippen LogP contribution is -2.40. The fourth-order valence-electron chi connectivity index (χ4n) is 2.84. The number of furan rings is 1. The molecule has 140 valence electrons. The molecule has 0 fully saturated rings. The molecule has 0 aliphatic carbocycles. The first-order chi connectivity index (χ1) is 12.9. The van der Waals surface area contributed by atoms with Crippen LogP contribution in [0.5, 0.6) is 0 Å². The summed E-state index contributed by atoms with van der Waals surface area (Å²) in [7, 11) is 0. The molecule has 2 aromatic heterocycles. The van der Waals surface area contributed by atoms with Crippen molar-refractivity contribution in [2.45, 2.75) is 39.9 Å². The van der Waals surface area contributed by atoms with Crippen LogP contribution in [0.2, 0.25) is 0 Å². The van der Waals surface area contributed by atoms with Gasteiger partial charge in [0.2, 0.25) is 5.91 Å². The van der Waals surface area contributed by atoms with Gasteiger partial charge < -0.3 is 9.32 Å². The Labute approximate surface area is 158 Å². The zero-order valence-corrected chi connectivity index (χ0v) is 15.8. The number of carbonyl (C=O) groups excluding carboxylic acids is 1. The van der Waals surface area contributed by atoms with E-state index in [9.17, 15) is 9.59 Å². The van der Waals surface area contributed by atoms with Crippen molar-refractivity contribution in [1.29, 1.82) is 0 Å². The largest absolute Gasteiger partial charge is 0.464 e. The van der Waals surface area contributed by atoms with Crippen LogP contribution in [0.3, 0.4) is 0 Å². The summed E-state index contributed by atoms with van der Waals surface area (Å²) in [5.74, 6) is 1.33. The third kappa shape index (κ3) is 4.53. The third-order valence-electron chi connectivity index (χ3n) is 4.29. The van der Waals surface area contributed by atoms with Gasteiger partial charge in [0.1, 0.15) is 18.1 Å². The second-order valence-corrected chi connectivity index (χ2v) is 6.71. The molecule has 0 saturated carbocycles. The molecule has 0 atom stereocenters. The molecule has 6 heteroatoms. The Hall–Kier alpha value is -3.15. The van der Waals surface area contributed by atoms with Gasteiger partial charge in [-0.15, -0.1) is 0 Å². The van der Waals surface area contributed by atoms with Gasteiger partial charge >= 0.3 is 0 Å². The quantitative estimate of drug-likeness (QED) is 0.672. The van der Waals surface area contributed by atoms with Crippen LogP contribution in [0, 0.1) is 6.92 Å². The average Bonchev–Trinajstić information content (AvgIpc) is 3.07. The van der Waals surface area contributed by atoms with Crippen molar-refractivity contribution in [2.75, 3.05) is 0 Å². The molecule has 2 heterocycles. The van der Waals surface area contributed by atoms with E-state index in [0.717, 1.165) is 11.3 Å². The van der Waals surface area contributed by atoms with E-state index in [-0.39, 0.29) is 24.1 Å². The number of hydrogen-bond acceptors (Lipinski definition) is 4. The fourth-order valence-corrected chi connectivity index (χ4v) is 2.84. The van der Waals surface area contributed by atoms with Crippen molar-refractivity contribution in [2.24, 2.45) is 0 Å². The van der Waals surface area contributed by atoms with Crippen LogP contribution in [0.15, 0.2) is 63.8 Å². The minimum Gasteiger partial charge on any atom is -0.464 e. The molecule has 0 spiro atoms. The minimum atomic E-state index is -0.305. The Kier molecular flexibility index (Phi) is 5.54. The van der Waals surface area contributed by atoms with Crippen molar-refractivity contribution in [3.8, 4) is 11.3 Å². The smallest absolute Gasteiger partial charge is 0.267 e. The van der Waals surface area contributed by atoms with Gasteiger partial charge in [0, 0.05) is 17.7 Å². The number of aryl methyl sites for hydroxylation is 1. The van der Waals surface area contributed by atoms with E-state index in [1.54, 1.807) is 11.0 Å². The average molecular weight is 365 g/mol. The molecule has 1 aromatic carbocycles. The van der Waals surface area contributed by atoms with E-state index in [4.69, 9.17) is 4.42 Å². The van der Waals surface area contributed by atoms with E-state index in [0.29, 0.717) is 18.0 Å². The zero-order valence-electron chi connectivity index (χ0n) is 15.8. The summed E-state index contributed by atoms with van der Waals surface area (Å²) >= 11 is 0. The van der Waals surface area contributed by atoms with Crippen LogP contribution in [0.4, 0.5) is 0 Å². The summed E-state index contributed by atoms with van der Waals surface area (Å²) in [6.07, 6.45) is 0. The summed E-state index contributed by atoms with van der Waals surface area (Å²) in [6, 6.07) is 16.4. The number of amides is 1. The van der Waals surface area contributed by atoms with Gasteiger partial charge in [-0.05, 0) is 39.0 Å². The Bertz CT molecular complexity index is 974. The fraction of sp³-hybridized carbons (Fsp3) is 0.286. The topological polar surface area (TPSA) is 68.3 Å². The van der Waals surface area contributed by atoms with Crippen LogP contribution < -0.4 is 5.56 Å². The highest BCUT2D eigenvalue weighted by molar-refractivity contribution is 5.76. The highest BCUT2D eigenvalue weighted by Crippen LogP contribution is 2.15. The molecule has 27 heavy (non-hydrogen) atoms. The number of benzene rings is 1. The van der Waals surface area contributed by atoms with E-state index >= 15 is 0 Å². The maximum atomic E-state index is 12.8. The van der Waals surface area contributed by atoms with E-state index in [2.05, 4.69) is 5.10 Å². The van der Waals surface area contributed by atoms with Crippen molar-refractivity contribution in [3.05, 3.63) is 76.5 Å². The second kappa shape index (κ2) is 8.03. The number of carbonyl (C=O) groups is 1. The van der Waals surface area contributed by atoms with Gasteiger partial charge in [0.25, 0.3) is 5.56 Å². The van der Waals surface area contributed by atoms with Crippen LogP contribution >= 0.6 is 0 Å². The lowest BCUT2D eigenvalue weighted by atomic mass is 10.1. The monoisotopic (exact) mass is 365 g/mol. The molecule has 0 radical (unpaired) electrons. The van der Waals surface area contributed by atoms with Gasteiger partial charge in [-0.3, -0.25) is 9.59 Å². The molecule has 0 unspecified atom stereocenters. The number of aromatic nitrogens is 2. The third-order valence-corrected chi connectivity index (χ3v) is 4.29. The summed E-state index contributed by atoms with van der Waals surface area (Å²) < 4.78 is 6.80. The number of hydrogen-bond donors (Lipinski definition) is 0. The first kappa shape index (κ1) is 18.6. The van der Waals surface area contributed by atoms with Crippen LogP contribution in [-0.2, 0) is 17.9 Å². The molecule has 0 aliphatic heterocycles. The molecular weight excluding hydrogens is 342 g/mol. The second-order valence-electron chi connectivity index (χ2n) is 6.71. The summed E-state index contributed by atoms with van der Waals surface area (Å²) in [5.41, 5.74) is 1.24. The molecule has 1 amide bonds. The lowest BCUT2D eigenvalue weighted by molar-refractivity contribution is -0.134. The standard InChI is InChI=1S/C21H23N3O3/c1-15(2)23(13-18-10-9-16(3)27-18)21(26)14-24-20(25)12-11-19(22-24)17-7-5-4-6-8-17/h4-12,15H,13-14H2,1-3H3. The molecule has 0 saturated heterocycles. The van der Waals surface area contributed by atoms with E-state index < -0.39 is 0 Å². The number of rotatable bonds is 6. The van der Waals surface area contributed by atoms with E-state index in [1.807, 2.05) is 63.2 Å². The lowest BCUT2D eigenvalue weighted by Gasteiger charge is -2.26. The van der Waals surface area contributed by atoms with E-state index in [1.165, 1.54) is 10.7 Å². The maximum Gasteiger partial charge on any atom is 0.267 e. The van der Waals surface area contributed by atoms with Crippen molar-refractivity contribution in [3.63, 3.8) is 0 Å². The van der Waals surface area contributed by atoms with Crippen molar-refractivity contribution >= 4 is 5.91 Å². The molecule has 0 aliphatic rings. The normalized spacial score (nSPS) is 11.0. The molecule has 6 nitrogen and oxygen atoms in total. The summed E-state index contributed by atoms with van der Waals surface area (Å²) in [6.45, 7) is 5.98.